The molecule has 0 unspecified atom stereocenters. The van der Waals surface area contributed by atoms with E-state index >= 15 is 0 Å². The van der Waals surface area contributed by atoms with Crippen LogP contribution < -0.4 is 15.4 Å². The van der Waals surface area contributed by atoms with Crippen LogP contribution in [0.5, 0.6) is 5.75 Å². The molecular formula is C23H22BrClN2O2. The number of hydrogen-bond acceptors (Lipinski definition) is 3. The Morgan fingerprint density at radius 1 is 1.03 bits per heavy atom. The molecule has 0 saturated heterocycles. The number of aryl methyl sites for hydroxylation is 1. The van der Waals surface area contributed by atoms with E-state index in [1.54, 1.807) is 12.1 Å². The van der Waals surface area contributed by atoms with Gasteiger partial charge in [-0.1, -0.05) is 57.4 Å². The van der Waals surface area contributed by atoms with Gasteiger partial charge in [-0.3, -0.25) is 4.79 Å². The molecule has 3 aromatic carbocycles. The van der Waals surface area contributed by atoms with Gasteiger partial charge in [-0.15, -0.1) is 0 Å². The van der Waals surface area contributed by atoms with Gasteiger partial charge in [0.25, 0.3) is 0 Å². The van der Waals surface area contributed by atoms with Crippen LogP contribution in [-0.4, -0.2) is 12.5 Å². The molecule has 1 amide bonds. The maximum Gasteiger partial charge on any atom is 0.224 e. The number of nitrogens with one attached hydrogen (secondary N) is 2. The molecule has 0 spiro atoms. The summed E-state index contributed by atoms with van der Waals surface area (Å²) in [6.45, 7) is 2.46. The zero-order valence-corrected chi connectivity index (χ0v) is 18.4. The van der Waals surface area contributed by atoms with Gasteiger partial charge in [0.15, 0.2) is 0 Å². The summed E-state index contributed by atoms with van der Waals surface area (Å²) < 4.78 is 6.56. The van der Waals surface area contributed by atoms with Gasteiger partial charge in [-0.25, -0.2) is 0 Å². The van der Waals surface area contributed by atoms with Crippen molar-refractivity contribution in [1.29, 1.82) is 0 Å². The SMILES string of the molecule is Cc1ccc(Nc2ccccc2NC(=O)CCCOc2ccc(Br)cc2Cl)cc1. The number of ether oxygens (including phenoxy) is 1. The Balaban J connectivity index is 1.51. The molecule has 0 bridgehead atoms. The zero-order valence-electron chi connectivity index (χ0n) is 16.0. The zero-order chi connectivity index (χ0) is 20.6. The van der Waals surface area contributed by atoms with Crippen molar-refractivity contribution >= 4 is 50.5 Å². The second kappa shape index (κ2) is 10.3. The van der Waals surface area contributed by atoms with Gasteiger partial charge in [0, 0.05) is 16.6 Å². The number of carbonyl (C=O) groups excluding carboxylic acids is 1. The standard InChI is InChI=1S/C23H22BrClN2O2/c1-16-8-11-18(12-9-16)26-20-5-2-3-6-21(20)27-23(28)7-4-14-29-22-13-10-17(24)15-19(22)25/h2-3,5-6,8-13,15,26H,4,7,14H2,1H3,(H,27,28). The quantitative estimate of drug-likeness (QED) is 0.348. The molecule has 0 aromatic heterocycles. The Hall–Kier alpha value is -2.50. The Bertz CT molecular complexity index is 977. The van der Waals surface area contributed by atoms with Gasteiger partial charge in [-0.2, -0.15) is 0 Å². The first-order valence-corrected chi connectivity index (χ1v) is 10.5. The molecule has 3 aromatic rings. The number of halogens is 2. The summed E-state index contributed by atoms with van der Waals surface area (Å²) in [6.07, 6.45) is 0.943. The fraction of sp³-hybridized carbons (Fsp3) is 0.174. The van der Waals surface area contributed by atoms with E-state index in [1.807, 2.05) is 61.5 Å². The smallest absolute Gasteiger partial charge is 0.224 e. The first-order chi connectivity index (χ1) is 14.0. The second-order valence-corrected chi connectivity index (χ2v) is 7.93. The fourth-order valence-electron chi connectivity index (χ4n) is 2.71. The highest BCUT2D eigenvalue weighted by atomic mass is 79.9. The van der Waals surface area contributed by atoms with Crippen molar-refractivity contribution in [1.82, 2.24) is 0 Å². The molecular weight excluding hydrogens is 452 g/mol. The molecule has 3 rings (SSSR count). The minimum atomic E-state index is -0.0614. The third-order valence-corrected chi connectivity index (χ3v) is 5.02. The van der Waals surface area contributed by atoms with Crippen LogP contribution in [0.1, 0.15) is 18.4 Å². The lowest BCUT2D eigenvalue weighted by molar-refractivity contribution is -0.116. The normalized spacial score (nSPS) is 10.4. The van der Waals surface area contributed by atoms with Gasteiger partial charge in [0.2, 0.25) is 5.91 Å². The minimum absolute atomic E-state index is 0.0614. The van der Waals surface area contributed by atoms with Crippen LogP contribution in [0.4, 0.5) is 17.1 Å². The van der Waals surface area contributed by atoms with Crippen molar-refractivity contribution in [3.8, 4) is 5.75 Å². The number of carbonyl (C=O) groups is 1. The molecule has 6 heteroatoms. The average Bonchev–Trinajstić information content (AvgIpc) is 2.70. The molecule has 0 fully saturated rings. The number of amides is 1. The van der Waals surface area contributed by atoms with E-state index in [1.165, 1.54) is 5.56 Å². The molecule has 2 N–H and O–H groups in total. The molecule has 0 aliphatic rings. The van der Waals surface area contributed by atoms with Crippen molar-refractivity contribution in [3.63, 3.8) is 0 Å². The molecule has 0 saturated carbocycles. The predicted molar refractivity (Wildman–Crippen MR) is 123 cm³/mol. The van der Waals surface area contributed by atoms with E-state index in [-0.39, 0.29) is 5.91 Å². The monoisotopic (exact) mass is 472 g/mol. The lowest BCUT2D eigenvalue weighted by atomic mass is 10.2. The Morgan fingerprint density at radius 2 is 1.76 bits per heavy atom. The number of benzene rings is 3. The van der Waals surface area contributed by atoms with Gasteiger partial charge >= 0.3 is 0 Å². The van der Waals surface area contributed by atoms with Crippen molar-refractivity contribution in [3.05, 3.63) is 81.8 Å². The largest absolute Gasteiger partial charge is 0.492 e. The summed E-state index contributed by atoms with van der Waals surface area (Å²) in [6, 6.07) is 21.2. The Morgan fingerprint density at radius 3 is 2.48 bits per heavy atom. The van der Waals surface area contributed by atoms with Gasteiger partial charge in [0.1, 0.15) is 5.75 Å². The third-order valence-electron chi connectivity index (χ3n) is 4.23. The van der Waals surface area contributed by atoms with Gasteiger partial charge in [0.05, 0.1) is 23.0 Å². The summed E-state index contributed by atoms with van der Waals surface area (Å²) in [5.41, 5.74) is 3.76. The summed E-state index contributed by atoms with van der Waals surface area (Å²) in [5.74, 6) is 0.552. The molecule has 29 heavy (non-hydrogen) atoms. The van der Waals surface area contributed by atoms with E-state index in [2.05, 4.69) is 26.6 Å². The van der Waals surface area contributed by atoms with Gasteiger partial charge in [-0.05, 0) is 55.8 Å². The van der Waals surface area contributed by atoms with Crippen molar-refractivity contribution in [2.45, 2.75) is 19.8 Å². The van der Waals surface area contributed by atoms with E-state index in [0.717, 1.165) is 21.5 Å². The predicted octanol–water partition coefficient (Wildman–Crippen LogP) is 6.95. The van der Waals surface area contributed by atoms with E-state index in [9.17, 15) is 4.79 Å². The molecule has 0 radical (unpaired) electrons. The summed E-state index contributed by atoms with van der Waals surface area (Å²) in [5, 5.41) is 6.86. The van der Waals surface area contributed by atoms with Crippen LogP contribution in [0.15, 0.2) is 71.2 Å². The summed E-state index contributed by atoms with van der Waals surface area (Å²) >= 11 is 9.49. The number of hydrogen-bond donors (Lipinski definition) is 2. The number of rotatable bonds is 8. The van der Waals surface area contributed by atoms with Crippen LogP contribution in [0.3, 0.4) is 0 Å². The van der Waals surface area contributed by atoms with E-state index in [4.69, 9.17) is 16.3 Å². The molecule has 0 aliphatic heterocycles. The molecule has 150 valence electrons. The first-order valence-electron chi connectivity index (χ1n) is 9.32. The maximum absolute atomic E-state index is 12.4. The lowest BCUT2D eigenvalue weighted by Gasteiger charge is -2.13. The van der Waals surface area contributed by atoms with Crippen molar-refractivity contribution < 1.29 is 9.53 Å². The van der Waals surface area contributed by atoms with Crippen LogP contribution >= 0.6 is 27.5 Å². The molecule has 4 nitrogen and oxygen atoms in total. The minimum Gasteiger partial charge on any atom is -0.492 e. The highest BCUT2D eigenvalue weighted by Crippen LogP contribution is 2.28. The van der Waals surface area contributed by atoms with Crippen molar-refractivity contribution in [2.75, 3.05) is 17.2 Å². The number of anilines is 3. The molecule has 0 heterocycles. The first kappa shape index (κ1) is 21.2. The average molecular weight is 474 g/mol. The van der Waals surface area contributed by atoms with Crippen LogP contribution in [0, 0.1) is 6.92 Å². The maximum atomic E-state index is 12.4. The molecule has 0 aliphatic carbocycles. The summed E-state index contributed by atoms with van der Waals surface area (Å²) in [7, 11) is 0. The van der Waals surface area contributed by atoms with Crippen LogP contribution in [0.2, 0.25) is 5.02 Å². The van der Waals surface area contributed by atoms with E-state index in [0.29, 0.717) is 30.2 Å². The number of para-hydroxylation sites is 2. The van der Waals surface area contributed by atoms with Crippen LogP contribution in [0.25, 0.3) is 0 Å². The third kappa shape index (κ3) is 6.51. The Labute approximate surface area is 184 Å². The lowest BCUT2D eigenvalue weighted by Crippen LogP contribution is -2.14. The van der Waals surface area contributed by atoms with E-state index < -0.39 is 0 Å². The highest BCUT2D eigenvalue weighted by Gasteiger charge is 2.08. The van der Waals surface area contributed by atoms with Gasteiger partial charge < -0.3 is 15.4 Å². The summed E-state index contributed by atoms with van der Waals surface area (Å²) in [4.78, 5) is 12.4. The Kier molecular flexibility index (Phi) is 7.55. The topological polar surface area (TPSA) is 50.4 Å². The highest BCUT2D eigenvalue weighted by molar-refractivity contribution is 9.10. The fourth-order valence-corrected chi connectivity index (χ4v) is 3.44. The second-order valence-electron chi connectivity index (χ2n) is 6.61. The van der Waals surface area contributed by atoms with Crippen molar-refractivity contribution in [2.24, 2.45) is 0 Å². The van der Waals surface area contributed by atoms with Crippen LogP contribution in [-0.2, 0) is 4.79 Å². The molecule has 0 atom stereocenters.